The Morgan fingerprint density at radius 1 is 1.24 bits per heavy atom. The molecular formula is C15H27N3O3. The number of hydrogen-bond donors (Lipinski definition) is 2. The highest BCUT2D eigenvalue weighted by Crippen LogP contribution is 2.23. The van der Waals surface area contributed by atoms with E-state index in [9.17, 15) is 9.59 Å². The third-order valence-corrected chi connectivity index (χ3v) is 4.33. The van der Waals surface area contributed by atoms with E-state index in [0.717, 1.165) is 45.3 Å². The van der Waals surface area contributed by atoms with Crippen molar-refractivity contribution in [3.63, 3.8) is 0 Å². The quantitative estimate of drug-likeness (QED) is 0.762. The molecule has 0 radical (unpaired) electrons. The Labute approximate surface area is 126 Å². The van der Waals surface area contributed by atoms with Crippen LogP contribution >= 0.6 is 0 Å². The van der Waals surface area contributed by atoms with E-state index in [-0.39, 0.29) is 23.8 Å². The molecule has 0 spiro atoms. The standard InChI is InChI=1S/C15H27N3O3/c16-7-6-14(19)17-10-13-5-1-2-8-18(13)15(20)12-4-3-9-21-11-12/h12-13H,1-11,16H2,(H,17,19). The number of likely N-dealkylation sites (tertiary alicyclic amines) is 1. The second-order valence-corrected chi connectivity index (χ2v) is 5.94. The predicted octanol–water partition coefficient (Wildman–Crippen LogP) is 0.259. The summed E-state index contributed by atoms with van der Waals surface area (Å²) in [6, 6.07) is 0.120. The smallest absolute Gasteiger partial charge is 0.228 e. The maximum atomic E-state index is 12.6. The summed E-state index contributed by atoms with van der Waals surface area (Å²) >= 11 is 0. The van der Waals surface area contributed by atoms with Crippen LogP contribution in [-0.2, 0) is 14.3 Å². The van der Waals surface area contributed by atoms with E-state index in [2.05, 4.69) is 5.32 Å². The molecule has 2 aliphatic heterocycles. The van der Waals surface area contributed by atoms with Gasteiger partial charge in [-0.2, -0.15) is 0 Å². The van der Waals surface area contributed by atoms with E-state index < -0.39 is 0 Å². The highest BCUT2D eigenvalue weighted by Gasteiger charge is 2.32. The second-order valence-electron chi connectivity index (χ2n) is 5.94. The monoisotopic (exact) mass is 297 g/mol. The molecule has 0 aromatic carbocycles. The van der Waals surface area contributed by atoms with Gasteiger partial charge in [0.1, 0.15) is 0 Å². The van der Waals surface area contributed by atoms with Crippen molar-refractivity contribution < 1.29 is 14.3 Å². The maximum Gasteiger partial charge on any atom is 0.228 e. The summed E-state index contributed by atoms with van der Waals surface area (Å²) in [5.74, 6) is 0.169. The SMILES string of the molecule is NCCC(=O)NCC1CCCCN1C(=O)C1CCCOC1. The number of nitrogens with zero attached hydrogens (tertiary/aromatic N) is 1. The highest BCUT2D eigenvalue weighted by atomic mass is 16.5. The van der Waals surface area contributed by atoms with Crippen LogP contribution in [0, 0.1) is 5.92 Å². The first-order valence-electron chi connectivity index (χ1n) is 8.07. The van der Waals surface area contributed by atoms with Gasteiger partial charge in [-0.25, -0.2) is 0 Å². The van der Waals surface area contributed by atoms with Crippen molar-refractivity contribution in [2.45, 2.75) is 44.6 Å². The molecule has 2 rings (SSSR count). The number of rotatable bonds is 5. The van der Waals surface area contributed by atoms with Gasteiger partial charge in [0.25, 0.3) is 0 Å². The minimum absolute atomic E-state index is 0.000840. The molecule has 2 heterocycles. The molecule has 6 heteroatoms. The van der Waals surface area contributed by atoms with Gasteiger partial charge >= 0.3 is 0 Å². The minimum Gasteiger partial charge on any atom is -0.381 e. The fraction of sp³-hybridized carbons (Fsp3) is 0.867. The Bertz CT molecular complexity index is 356. The number of piperidine rings is 1. The lowest BCUT2D eigenvalue weighted by Crippen LogP contribution is -2.52. The number of nitrogens with one attached hydrogen (secondary N) is 1. The summed E-state index contributed by atoms with van der Waals surface area (Å²) in [6.07, 6.45) is 5.35. The maximum absolute atomic E-state index is 12.6. The van der Waals surface area contributed by atoms with Crippen LogP contribution in [0.15, 0.2) is 0 Å². The molecule has 0 aromatic rings. The molecule has 3 N–H and O–H groups in total. The van der Waals surface area contributed by atoms with Crippen LogP contribution in [0.2, 0.25) is 0 Å². The summed E-state index contributed by atoms with van der Waals surface area (Å²) in [5.41, 5.74) is 5.37. The topological polar surface area (TPSA) is 84.7 Å². The number of carbonyl (C=O) groups excluding carboxylic acids is 2. The van der Waals surface area contributed by atoms with Crippen molar-refractivity contribution in [3.8, 4) is 0 Å². The number of carbonyl (C=O) groups is 2. The molecule has 2 amide bonds. The van der Waals surface area contributed by atoms with Crippen LogP contribution in [0.3, 0.4) is 0 Å². The number of ether oxygens (including phenoxy) is 1. The van der Waals surface area contributed by atoms with E-state index >= 15 is 0 Å². The van der Waals surface area contributed by atoms with E-state index in [1.165, 1.54) is 0 Å². The first kappa shape index (κ1) is 16.2. The van der Waals surface area contributed by atoms with Crippen molar-refractivity contribution in [1.82, 2.24) is 10.2 Å². The van der Waals surface area contributed by atoms with Crippen LogP contribution < -0.4 is 11.1 Å². The average Bonchev–Trinajstić information content (AvgIpc) is 2.54. The van der Waals surface area contributed by atoms with Crippen LogP contribution in [-0.4, -0.2) is 55.6 Å². The Kier molecular flexibility index (Phi) is 6.45. The van der Waals surface area contributed by atoms with Crippen LogP contribution in [0.25, 0.3) is 0 Å². The summed E-state index contributed by atoms with van der Waals surface area (Å²) in [7, 11) is 0. The van der Waals surface area contributed by atoms with Crippen molar-refractivity contribution in [2.24, 2.45) is 11.7 Å². The normalized spacial score (nSPS) is 26.4. The van der Waals surface area contributed by atoms with E-state index in [1.807, 2.05) is 4.90 Å². The zero-order valence-corrected chi connectivity index (χ0v) is 12.7. The van der Waals surface area contributed by atoms with Crippen molar-refractivity contribution in [1.29, 1.82) is 0 Å². The van der Waals surface area contributed by atoms with Gasteiger partial charge in [-0.05, 0) is 32.1 Å². The Morgan fingerprint density at radius 3 is 2.81 bits per heavy atom. The summed E-state index contributed by atoms with van der Waals surface area (Å²) < 4.78 is 5.43. The fourth-order valence-corrected chi connectivity index (χ4v) is 3.12. The van der Waals surface area contributed by atoms with Gasteiger partial charge in [0.2, 0.25) is 11.8 Å². The first-order chi connectivity index (χ1) is 10.2. The molecular weight excluding hydrogens is 270 g/mol. The largest absolute Gasteiger partial charge is 0.381 e. The molecule has 2 fully saturated rings. The molecule has 2 saturated heterocycles. The lowest BCUT2D eigenvalue weighted by Gasteiger charge is -2.38. The number of hydrogen-bond acceptors (Lipinski definition) is 4. The molecule has 21 heavy (non-hydrogen) atoms. The molecule has 0 aromatic heterocycles. The van der Waals surface area contributed by atoms with Gasteiger partial charge in [0, 0.05) is 38.7 Å². The molecule has 2 atom stereocenters. The molecule has 2 unspecified atom stereocenters. The first-order valence-corrected chi connectivity index (χ1v) is 8.07. The summed E-state index contributed by atoms with van der Waals surface area (Å²) in [6.45, 7) is 3.01. The van der Waals surface area contributed by atoms with E-state index in [0.29, 0.717) is 26.1 Å². The van der Waals surface area contributed by atoms with Gasteiger partial charge in [-0.1, -0.05) is 0 Å². The average molecular weight is 297 g/mol. The van der Waals surface area contributed by atoms with E-state index in [4.69, 9.17) is 10.5 Å². The second kappa shape index (κ2) is 8.34. The van der Waals surface area contributed by atoms with Gasteiger partial charge < -0.3 is 20.7 Å². The zero-order chi connectivity index (χ0) is 15.1. The lowest BCUT2D eigenvalue weighted by atomic mass is 9.96. The van der Waals surface area contributed by atoms with Crippen molar-refractivity contribution in [3.05, 3.63) is 0 Å². The number of nitrogens with two attached hydrogens (primary N) is 1. The van der Waals surface area contributed by atoms with Gasteiger partial charge in [0.05, 0.1) is 12.5 Å². The molecule has 0 bridgehead atoms. The highest BCUT2D eigenvalue weighted by molar-refractivity contribution is 5.80. The third kappa shape index (κ3) is 4.68. The van der Waals surface area contributed by atoms with Crippen LogP contribution in [0.4, 0.5) is 0 Å². The number of amides is 2. The zero-order valence-electron chi connectivity index (χ0n) is 12.7. The Morgan fingerprint density at radius 2 is 2.10 bits per heavy atom. The molecule has 0 aliphatic carbocycles. The fourth-order valence-electron chi connectivity index (χ4n) is 3.12. The predicted molar refractivity (Wildman–Crippen MR) is 79.6 cm³/mol. The Balaban J connectivity index is 1.88. The molecule has 6 nitrogen and oxygen atoms in total. The van der Waals surface area contributed by atoms with Gasteiger partial charge in [-0.15, -0.1) is 0 Å². The molecule has 2 aliphatic rings. The summed E-state index contributed by atoms with van der Waals surface area (Å²) in [4.78, 5) is 26.2. The third-order valence-electron chi connectivity index (χ3n) is 4.33. The van der Waals surface area contributed by atoms with Gasteiger partial charge in [0.15, 0.2) is 0 Å². The van der Waals surface area contributed by atoms with Crippen molar-refractivity contribution >= 4 is 11.8 Å². The lowest BCUT2D eigenvalue weighted by molar-refractivity contribution is -0.143. The van der Waals surface area contributed by atoms with Crippen LogP contribution in [0.5, 0.6) is 0 Å². The Hall–Kier alpha value is -1.14. The molecule has 0 saturated carbocycles. The molecule has 120 valence electrons. The minimum atomic E-state index is -0.0310. The summed E-state index contributed by atoms with van der Waals surface area (Å²) in [5, 5.41) is 2.90. The van der Waals surface area contributed by atoms with Crippen LogP contribution in [0.1, 0.15) is 38.5 Å². The van der Waals surface area contributed by atoms with Gasteiger partial charge in [-0.3, -0.25) is 9.59 Å². The van der Waals surface area contributed by atoms with Crippen molar-refractivity contribution in [2.75, 3.05) is 32.8 Å². The van der Waals surface area contributed by atoms with E-state index in [1.54, 1.807) is 0 Å².